The van der Waals surface area contributed by atoms with Gasteiger partial charge in [-0.25, -0.2) is 0 Å². The van der Waals surface area contributed by atoms with E-state index >= 15 is 0 Å². The third-order valence-corrected chi connectivity index (χ3v) is 4.57. The monoisotopic (exact) mass is 366 g/mol. The normalized spacial score (nSPS) is 16.0. The maximum absolute atomic E-state index is 12.5. The van der Waals surface area contributed by atoms with Gasteiger partial charge in [0.05, 0.1) is 6.61 Å². The van der Waals surface area contributed by atoms with Crippen LogP contribution in [0.4, 0.5) is 5.69 Å². The van der Waals surface area contributed by atoms with E-state index in [4.69, 9.17) is 4.74 Å². The van der Waals surface area contributed by atoms with Crippen LogP contribution in [-0.4, -0.2) is 25.0 Å². The van der Waals surface area contributed by atoms with E-state index in [0.717, 1.165) is 12.2 Å². The van der Waals surface area contributed by atoms with Crippen LogP contribution in [0.15, 0.2) is 48.5 Å². The molecule has 0 saturated carbocycles. The van der Waals surface area contributed by atoms with Gasteiger partial charge in [0.2, 0.25) is 5.91 Å². The van der Waals surface area contributed by atoms with Gasteiger partial charge in [-0.2, -0.15) is 0 Å². The molecule has 0 bridgehead atoms. The van der Waals surface area contributed by atoms with Crippen LogP contribution in [0, 0.1) is 11.3 Å². The standard InChI is InChI=1S/C22H26N2O3/c1-22(2,3)21(26)24-18-9-6-8-17(12-18)20(25)23-13-15-11-16-7-4-5-10-19(16)27-14-15/h4-10,12,15H,11,13-14H2,1-3H3,(H,23,25)(H,24,26). The van der Waals surface area contributed by atoms with Gasteiger partial charge in [-0.3, -0.25) is 9.59 Å². The van der Waals surface area contributed by atoms with Crippen LogP contribution in [0.2, 0.25) is 0 Å². The number of carbonyl (C=O) groups is 2. The average Bonchev–Trinajstić information content (AvgIpc) is 2.65. The summed E-state index contributed by atoms with van der Waals surface area (Å²) in [5.41, 5.74) is 1.83. The van der Waals surface area contributed by atoms with Crippen molar-refractivity contribution in [3.8, 4) is 5.75 Å². The van der Waals surface area contributed by atoms with Crippen molar-refractivity contribution in [3.05, 3.63) is 59.7 Å². The molecule has 2 aromatic carbocycles. The fraction of sp³-hybridized carbons (Fsp3) is 0.364. The Morgan fingerprint density at radius 1 is 1.11 bits per heavy atom. The summed E-state index contributed by atoms with van der Waals surface area (Å²) in [4.78, 5) is 24.6. The predicted octanol–water partition coefficient (Wildman–Crippen LogP) is 3.65. The Morgan fingerprint density at radius 2 is 1.89 bits per heavy atom. The van der Waals surface area contributed by atoms with Gasteiger partial charge < -0.3 is 15.4 Å². The molecule has 5 heteroatoms. The third kappa shape index (κ3) is 4.88. The molecule has 1 heterocycles. The molecule has 2 amide bonds. The molecule has 2 aromatic rings. The van der Waals surface area contributed by atoms with Crippen molar-refractivity contribution in [1.29, 1.82) is 0 Å². The Morgan fingerprint density at radius 3 is 2.67 bits per heavy atom. The van der Waals surface area contributed by atoms with Crippen molar-refractivity contribution in [2.45, 2.75) is 27.2 Å². The number of ether oxygens (including phenoxy) is 1. The predicted molar refractivity (Wildman–Crippen MR) is 106 cm³/mol. The second-order valence-corrected chi connectivity index (χ2v) is 7.98. The molecule has 0 aromatic heterocycles. The smallest absolute Gasteiger partial charge is 0.251 e. The van der Waals surface area contributed by atoms with Gasteiger partial charge in [0.1, 0.15) is 5.75 Å². The maximum Gasteiger partial charge on any atom is 0.251 e. The van der Waals surface area contributed by atoms with Crippen molar-refractivity contribution in [3.63, 3.8) is 0 Å². The minimum Gasteiger partial charge on any atom is -0.493 e. The van der Waals surface area contributed by atoms with Gasteiger partial charge in [0, 0.05) is 29.1 Å². The fourth-order valence-corrected chi connectivity index (χ4v) is 2.92. The first kappa shape index (κ1) is 19.0. The summed E-state index contributed by atoms with van der Waals surface area (Å²) < 4.78 is 5.77. The van der Waals surface area contributed by atoms with Crippen LogP contribution in [0.3, 0.4) is 0 Å². The molecule has 2 N–H and O–H groups in total. The molecule has 142 valence electrons. The summed E-state index contributed by atoms with van der Waals surface area (Å²) in [5, 5.41) is 5.83. The van der Waals surface area contributed by atoms with E-state index < -0.39 is 5.41 Å². The van der Waals surface area contributed by atoms with E-state index in [1.165, 1.54) is 5.56 Å². The Hall–Kier alpha value is -2.82. The second kappa shape index (κ2) is 7.82. The van der Waals surface area contributed by atoms with E-state index in [-0.39, 0.29) is 17.7 Å². The molecular formula is C22H26N2O3. The van der Waals surface area contributed by atoms with E-state index in [1.807, 2.05) is 39.0 Å². The SMILES string of the molecule is CC(C)(C)C(=O)Nc1cccc(C(=O)NCC2COc3ccccc3C2)c1. The molecule has 1 aliphatic heterocycles. The average molecular weight is 366 g/mol. The van der Waals surface area contributed by atoms with Gasteiger partial charge in [0.15, 0.2) is 0 Å². The molecule has 0 aliphatic carbocycles. The number of amides is 2. The topological polar surface area (TPSA) is 67.4 Å². The van der Waals surface area contributed by atoms with E-state index in [1.54, 1.807) is 24.3 Å². The highest BCUT2D eigenvalue weighted by molar-refractivity contribution is 5.98. The number of hydrogen-bond donors (Lipinski definition) is 2. The first-order chi connectivity index (χ1) is 12.8. The maximum atomic E-state index is 12.5. The molecule has 0 radical (unpaired) electrons. The lowest BCUT2D eigenvalue weighted by molar-refractivity contribution is -0.123. The number of anilines is 1. The molecule has 0 spiro atoms. The molecule has 1 unspecified atom stereocenters. The number of para-hydroxylation sites is 1. The van der Waals surface area contributed by atoms with Crippen LogP contribution in [0.25, 0.3) is 0 Å². The molecule has 1 aliphatic rings. The Kier molecular flexibility index (Phi) is 5.49. The zero-order valence-electron chi connectivity index (χ0n) is 16.0. The Balaban J connectivity index is 1.57. The van der Waals surface area contributed by atoms with Gasteiger partial charge in [0.25, 0.3) is 5.91 Å². The largest absolute Gasteiger partial charge is 0.493 e. The summed E-state index contributed by atoms with van der Waals surface area (Å²) in [5.74, 6) is 0.939. The molecule has 1 atom stereocenters. The van der Waals surface area contributed by atoms with E-state index in [0.29, 0.717) is 24.4 Å². The minimum atomic E-state index is -0.491. The zero-order chi connectivity index (χ0) is 19.4. The van der Waals surface area contributed by atoms with Crippen LogP contribution in [-0.2, 0) is 11.2 Å². The Bertz CT molecular complexity index is 839. The van der Waals surface area contributed by atoms with Gasteiger partial charge >= 0.3 is 0 Å². The minimum absolute atomic E-state index is 0.0851. The number of carbonyl (C=O) groups excluding carboxylic acids is 2. The van der Waals surface area contributed by atoms with Crippen molar-refractivity contribution in [2.75, 3.05) is 18.5 Å². The number of fused-ring (bicyclic) bond motifs is 1. The van der Waals surface area contributed by atoms with Crippen molar-refractivity contribution in [2.24, 2.45) is 11.3 Å². The summed E-state index contributed by atoms with van der Waals surface area (Å²) in [7, 11) is 0. The third-order valence-electron chi connectivity index (χ3n) is 4.57. The van der Waals surface area contributed by atoms with Gasteiger partial charge in [-0.15, -0.1) is 0 Å². The Labute approximate surface area is 160 Å². The summed E-state index contributed by atoms with van der Waals surface area (Å²) in [6.45, 7) is 6.70. The van der Waals surface area contributed by atoms with Crippen molar-refractivity contribution in [1.82, 2.24) is 5.32 Å². The highest BCUT2D eigenvalue weighted by Crippen LogP contribution is 2.26. The molecule has 5 nitrogen and oxygen atoms in total. The van der Waals surface area contributed by atoms with Crippen LogP contribution in [0.1, 0.15) is 36.7 Å². The van der Waals surface area contributed by atoms with Gasteiger partial charge in [-0.1, -0.05) is 45.0 Å². The molecule has 0 fully saturated rings. The zero-order valence-corrected chi connectivity index (χ0v) is 16.0. The van der Waals surface area contributed by atoms with Crippen LogP contribution >= 0.6 is 0 Å². The summed E-state index contributed by atoms with van der Waals surface area (Å²) >= 11 is 0. The lowest BCUT2D eigenvalue weighted by atomic mass is 9.95. The highest BCUT2D eigenvalue weighted by Gasteiger charge is 2.22. The summed E-state index contributed by atoms with van der Waals surface area (Å²) in [6, 6.07) is 15.0. The molecule has 27 heavy (non-hydrogen) atoms. The lowest BCUT2D eigenvalue weighted by Gasteiger charge is -2.25. The van der Waals surface area contributed by atoms with Gasteiger partial charge in [-0.05, 0) is 36.2 Å². The van der Waals surface area contributed by atoms with Crippen molar-refractivity contribution >= 4 is 17.5 Å². The lowest BCUT2D eigenvalue weighted by Crippen LogP contribution is -2.34. The van der Waals surface area contributed by atoms with Crippen molar-refractivity contribution < 1.29 is 14.3 Å². The second-order valence-electron chi connectivity index (χ2n) is 7.98. The quantitative estimate of drug-likeness (QED) is 0.868. The first-order valence-electron chi connectivity index (χ1n) is 9.23. The number of hydrogen-bond acceptors (Lipinski definition) is 3. The van der Waals surface area contributed by atoms with E-state index in [2.05, 4.69) is 16.7 Å². The number of nitrogens with one attached hydrogen (secondary N) is 2. The first-order valence-corrected chi connectivity index (χ1v) is 9.23. The van der Waals surface area contributed by atoms with E-state index in [9.17, 15) is 9.59 Å². The fourth-order valence-electron chi connectivity index (χ4n) is 2.92. The molecule has 0 saturated heterocycles. The van der Waals surface area contributed by atoms with Crippen LogP contribution < -0.4 is 15.4 Å². The summed E-state index contributed by atoms with van der Waals surface area (Å²) in [6.07, 6.45) is 0.887. The number of benzene rings is 2. The molecule has 3 rings (SSSR count). The molecular weight excluding hydrogens is 340 g/mol. The number of rotatable bonds is 4. The highest BCUT2D eigenvalue weighted by atomic mass is 16.5. The van der Waals surface area contributed by atoms with Crippen LogP contribution in [0.5, 0.6) is 5.75 Å².